The summed E-state index contributed by atoms with van der Waals surface area (Å²) in [5, 5.41) is 0. The van der Waals surface area contributed by atoms with E-state index in [0.29, 0.717) is 12.0 Å². The van der Waals surface area contributed by atoms with Crippen molar-refractivity contribution in [2.24, 2.45) is 11.7 Å². The number of ether oxygens (including phenoxy) is 1. The third-order valence-electron chi connectivity index (χ3n) is 3.49. The maximum atomic E-state index is 6.27. The van der Waals surface area contributed by atoms with Crippen LogP contribution in [0.2, 0.25) is 0 Å². The quantitative estimate of drug-likeness (QED) is 0.686. The molecule has 0 radical (unpaired) electrons. The molecular weight excluding hydrogens is 174 g/mol. The topological polar surface area (TPSA) is 35.2 Å². The summed E-state index contributed by atoms with van der Waals surface area (Å²) >= 11 is 0. The Balaban J connectivity index is 1.93. The lowest BCUT2D eigenvalue weighted by Crippen LogP contribution is -2.33. The molecule has 0 aromatic heterocycles. The van der Waals surface area contributed by atoms with Crippen LogP contribution in [-0.4, -0.2) is 18.8 Å². The van der Waals surface area contributed by atoms with Crippen LogP contribution in [-0.2, 0) is 4.74 Å². The third kappa shape index (κ3) is 2.18. The van der Waals surface area contributed by atoms with Gasteiger partial charge >= 0.3 is 0 Å². The molecule has 80 valence electrons. The zero-order chi connectivity index (χ0) is 9.97. The van der Waals surface area contributed by atoms with Crippen molar-refractivity contribution in [2.75, 3.05) is 6.61 Å². The summed E-state index contributed by atoms with van der Waals surface area (Å²) in [5.41, 5.74) is 7.75. The van der Waals surface area contributed by atoms with Crippen molar-refractivity contribution >= 4 is 0 Å². The average Bonchev–Trinajstić information content (AvgIpc) is 2.65. The fraction of sp³-hybridized carbons (Fsp3) is 0.833. The molecule has 3 atom stereocenters. The molecule has 1 aliphatic heterocycles. The van der Waals surface area contributed by atoms with E-state index in [-0.39, 0.29) is 6.04 Å². The average molecular weight is 195 g/mol. The molecule has 0 amide bonds. The first-order valence-corrected chi connectivity index (χ1v) is 5.83. The number of allylic oxidation sites excluding steroid dienone is 1. The first kappa shape index (κ1) is 10.2. The fourth-order valence-corrected chi connectivity index (χ4v) is 2.57. The molecule has 0 aromatic carbocycles. The Kier molecular flexibility index (Phi) is 3.24. The predicted octanol–water partition coefficient (Wildman–Crippen LogP) is 2.24. The van der Waals surface area contributed by atoms with Gasteiger partial charge in [0.1, 0.15) is 0 Å². The summed E-state index contributed by atoms with van der Waals surface area (Å²) in [6, 6.07) is 0.264. The SMILES string of the molecule is CC1CC(C(N)C2=CCCCC2)CO1. The van der Waals surface area contributed by atoms with Gasteiger partial charge in [0.15, 0.2) is 0 Å². The second-order valence-corrected chi connectivity index (χ2v) is 4.69. The minimum atomic E-state index is 0.264. The molecule has 0 saturated carbocycles. The Morgan fingerprint density at radius 1 is 1.50 bits per heavy atom. The summed E-state index contributed by atoms with van der Waals surface area (Å²) in [7, 11) is 0. The second-order valence-electron chi connectivity index (χ2n) is 4.69. The molecule has 2 nitrogen and oxygen atoms in total. The van der Waals surface area contributed by atoms with Gasteiger partial charge in [-0.1, -0.05) is 11.6 Å². The Morgan fingerprint density at radius 2 is 2.36 bits per heavy atom. The molecule has 0 aromatic rings. The van der Waals surface area contributed by atoms with Gasteiger partial charge in [-0.05, 0) is 39.0 Å². The van der Waals surface area contributed by atoms with E-state index in [4.69, 9.17) is 10.5 Å². The molecule has 1 saturated heterocycles. The van der Waals surface area contributed by atoms with Gasteiger partial charge < -0.3 is 10.5 Å². The predicted molar refractivity (Wildman–Crippen MR) is 58.0 cm³/mol. The van der Waals surface area contributed by atoms with E-state index < -0.39 is 0 Å². The van der Waals surface area contributed by atoms with Crippen LogP contribution in [0.25, 0.3) is 0 Å². The van der Waals surface area contributed by atoms with Gasteiger partial charge in [-0.2, -0.15) is 0 Å². The standard InChI is InChI=1S/C12H21NO/c1-9-7-11(8-14-9)12(13)10-5-3-2-4-6-10/h5,9,11-12H,2-4,6-8,13H2,1H3. The van der Waals surface area contributed by atoms with Crippen molar-refractivity contribution < 1.29 is 4.74 Å². The minimum absolute atomic E-state index is 0.264. The van der Waals surface area contributed by atoms with Crippen LogP contribution in [0, 0.1) is 5.92 Å². The van der Waals surface area contributed by atoms with Crippen molar-refractivity contribution in [3.05, 3.63) is 11.6 Å². The smallest absolute Gasteiger partial charge is 0.0551 e. The zero-order valence-corrected chi connectivity index (χ0v) is 9.04. The van der Waals surface area contributed by atoms with Gasteiger partial charge in [-0.15, -0.1) is 0 Å². The summed E-state index contributed by atoms with van der Waals surface area (Å²) in [4.78, 5) is 0. The van der Waals surface area contributed by atoms with E-state index in [9.17, 15) is 0 Å². The molecule has 2 aliphatic rings. The van der Waals surface area contributed by atoms with E-state index in [1.165, 1.54) is 31.3 Å². The van der Waals surface area contributed by atoms with Crippen molar-refractivity contribution in [3.8, 4) is 0 Å². The highest BCUT2D eigenvalue weighted by molar-refractivity contribution is 5.14. The van der Waals surface area contributed by atoms with Gasteiger partial charge in [0, 0.05) is 12.0 Å². The van der Waals surface area contributed by atoms with E-state index in [2.05, 4.69) is 13.0 Å². The number of hydrogen-bond acceptors (Lipinski definition) is 2. The maximum Gasteiger partial charge on any atom is 0.0551 e. The number of hydrogen-bond donors (Lipinski definition) is 1. The molecule has 0 bridgehead atoms. The molecule has 0 spiro atoms. The Hall–Kier alpha value is -0.340. The van der Waals surface area contributed by atoms with E-state index in [1.807, 2.05) is 0 Å². The van der Waals surface area contributed by atoms with Crippen LogP contribution in [0.3, 0.4) is 0 Å². The molecular formula is C12H21NO. The molecule has 2 N–H and O–H groups in total. The number of rotatable bonds is 2. The lowest BCUT2D eigenvalue weighted by atomic mass is 9.86. The van der Waals surface area contributed by atoms with Crippen LogP contribution in [0.5, 0.6) is 0 Å². The largest absolute Gasteiger partial charge is 0.378 e. The summed E-state index contributed by atoms with van der Waals surface area (Å²) in [6.45, 7) is 3.00. The lowest BCUT2D eigenvalue weighted by Gasteiger charge is -2.23. The van der Waals surface area contributed by atoms with Crippen molar-refractivity contribution in [2.45, 2.75) is 51.2 Å². The van der Waals surface area contributed by atoms with Crippen LogP contribution in [0.1, 0.15) is 39.0 Å². The number of nitrogens with two attached hydrogens (primary N) is 1. The van der Waals surface area contributed by atoms with Gasteiger partial charge in [0.2, 0.25) is 0 Å². The first-order chi connectivity index (χ1) is 6.77. The second kappa shape index (κ2) is 4.45. The first-order valence-electron chi connectivity index (χ1n) is 5.83. The highest BCUT2D eigenvalue weighted by Gasteiger charge is 2.29. The van der Waals surface area contributed by atoms with Crippen molar-refractivity contribution in [1.29, 1.82) is 0 Å². The molecule has 3 unspecified atom stereocenters. The van der Waals surface area contributed by atoms with Crippen LogP contribution in [0.15, 0.2) is 11.6 Å². The van der Waals surface area contributed by atoms with Gasteiger partial charge in [0.05, 0.1) is 12.7 Å². The fourth-order valence-electron chi connectivity index (χ4n) is 2.57. The van der Waals surface area contributed by atoms with Gasteiger partial charge in [-0.25, -0.2) is 0 Å². The van der Waals surface area contributed by atoms with Crippen LogP contribution >= 0.6 is 0 Å². The van der Waals surface area contributed by atoms with E-state index in [0.717, 1.165) is 13.0 Å². The zero-order valence-electron chi connectivity index (χ0n) is 9.04. The summed E-state index contributed by atoms with van der Waals surface area (Å²) in [6.07, 6.45) is 9.01. The summed E-state index contributed by atoms with van der Waals surface area (Å²) < 4.78 is 5.57. The molecule has 2 rings (SSSR count). The maximum absolute atomic E-state index is 6.27. The minimum Gasteiger partial charge on any atom is -0.378 e. The van der Waals surface area contributed by atoms with E-state index >= 15 is 0 Å². The highest BCUT2D eigenvalue weighted by atomic mass is 16.5. The molecule has 2 heteroatoms. The van der Waals surface area contributed by atoms with Crippen LogP contribution in [0.4, 0.5) is 0 Å². The monoisotopic (exact) mass is 195 g/mol. The van der Waals surface area contributed by atoms with Crippen molar-refractivity contribution in [1.82, 2.24) is 0 Å². The Labute approximate surface area is 86.5 Å². The van der Waals surface area contributed by atoms with Crippen molar-refractivity contribution in [3.63, 3.8) is 0 Å². The Bertz CT molecular complexity index is 224. The summed E-state index contributed by atoms with van der Waals surface area (Å²) in [5.74, 6) is 0.564. The normalized spacial score (nSPS) is 35.4. The van der Waals surface area contributed by atoms with Gasteiger partial charge in [0.25, 0.3) is 0 Å². The third-order valence-corrected chi connectivity index (χ3v) is 3.49. The molecule has 1 fully saturated rings. The highest BCUT2D eigenvalue weighted by Crippen LogP contribution is 2.29. The lowest BCUT2D eigenvalue weighted by molar-refractivity contribution is 0.119. The van der Waals surface area contributed by atoms with E-state index in [1.54, 1.807) is 0 Å². The molecule has 14 heavy (non-hydrogen) atoms. The van der Waals surface area contributed by atoms with Gasteiger partial charge in [-0.3, -0.25) is 0 Å². The Morgan fingerprint density at radius 3 is 2.93 bits per heavy atom. The molecule has 1 heterocycles. The molecule has 1 aliphatic carbocycles. The van der Waals surface area contributed by atoms with Crippen LogP contribution < -0.4 is 5.73 Å².